The quantitative estimate of drug-likeness (QED) is 0.852. The third-order valence-corrected chi connectivity index (χ3v) is 3.30. The van der Waals surface area contributed by atoms with Crippen LogP contribution in [0.15, 0.2) is 29.6 Å². The maximum atomic E-state index is 11.3. The number of nitrogens with one attached hydrogen (secondary N) is 1. The second kappa shape index (κ2) is 6.19. The number of benzene rings is 1. The molecule has 0 unspecified atom stereocenters. The SMILES string of the molecule is COC(=O)c1csc(NCc2ccc(OC)cc2)n1. The van der Waals surface area contributed by atoms with Crippen LogP contribution in [-0.4, -0.2) is 25.2 Å². The van der Waals surface area contributed by atoms with E-state index in [9.17, 15) is 4.79 Å². The van der Waals surface area contributed by atoms with E-state index in [2.05, 4.69) is 15.0 Å². The molecule has 1 aromatic carbocycles. The highest BCUT2D eigenvalue weighted by Crippen LogP contribution is 2.18. The molecule has 5 nitrogen and oxygen atoms in total. The molecule has 2 rings (SSSR count). The van der Waals surface area contributed by atoms with Crippen molar-refractivity contribution in [3.05, 3.63) is 40.9 Å². The van der Waals surface area contributed by atoms with Crippen LogP contribution in [0.3, 0.4) is 0 Å². The van der Waals surface area contributed by atoms with Crippen molar-refractivity contribution < 1.29 is 14.3 Å². The second-order valence-corrected chi connectivity index (χ2v) is 4.59. The van der Waals surface area contributed by atoms with E-state index >= 15 is 0 Å². The van der Waals surface area contributed by atoms with E-state index in [-0.39, 0.29) is 0 Å². The van der Waals surface area contributed by atoms with Crippen molar-refractivity contribution in [1.82, 2.24) is 4.98 Å². The van der Waals surface area contributed by atoms with Crippen LogP contribution in [-0.2, 0) is 11.3 Å². The maximum Gasteiger partial charge on any atom is 0.357 e. The molecule has 19 heavy (non-hydrogen) atoms. The molecule has 0 bridgehead atoms. The molecule has 2 aromatic rings. The summed E-state index contributed by atoms with van der Waals surface area (Å²) in [6.45, 7) is 0.637. The fourth-order valence-electron chi connectivity index (χ4n) is 1.47. The fourth-order valence-corrected chi connectivity index (χ4v) is 2.15. The van der Waals surface area contributed by atoms with Gasteiger partial charge < -0.3 is 14.8 Å². The van der Waals surface area contributed by atoms with Crippen molar-refractivity contribution in [2.45, 2.75) is 6.54 Å². The summed E-state index contributed by atoms with van der Waals surface area (Å²) in [6, 6.07) is 7.75. The van der Waals surface area contributed by atoms with Crippen molar-refractivity contribution in [3.63, 3.8) is 0 Å². The Morgan fingerprint density at radius 3 is 2.68 bits per heavy atom. The Morgan fingerprint density at radius 2 is 2.05 bits per heavy atom. The number of methoxy groups -OCH3 is 2. The third-order valence-electron chi connectivity index (χ3n) is 2.50. The zero-order valence-electron chi connectivity index (χ0n) is 10.7. The second-order valence-electron chi connectivity index (χ2n) is 3.73. The van der Waals surface area contributed by atoms with E-state index in [4.69, 9.17) is 4.74 Å². The number of carbonyl (C=O) groups is 1. The Kier molecular flexibility index (Phi) is 4.35. The van der Waals surface area contributed by atoms with Crippen molar-refractivity contribution in [1.29, 1.82) is 0 Å². The van der Waals surface area contributed by atoms with E-state index in [1.165, 1.54) is 18.4 Å². The normalized spacial score (nSPS) is 10.0. The fraction of sp³-hybridized carbons (Fsp3) is 0.231. The average Bonchev–Trinajstić information content (AvgIpc) is 2.93. The summed E-state index contributed by atoms with van der Waals surface area (Å²) in [5.74, 6) is 0.403. The van der Waals surface area contributed by atoms with Crippen LogP contribution in [0.4, 0.5) is 5.13 Å². The minimum Gasteiger partial charge on any atom is -0.497 e. The molecule has 1 heterocycles. The number of thiazole rings is 1. The molecule has 1 aromatic heterocycles. The molecule has 0 atom stereocenters. The van der Waals surface area contributed by atoms with E-state index in [0.717, 1.165) is 11.3 Å². The van der Waals surface area contributed by atoms with Crippen LogP contribution >= 0.6 is 11.3 Å². The van der Waals surface area contributed by atoms with Crippen LogP contribution in [0.5, 0.6) is 5.75 Å². The zero-order chi connectivity index (χ0) is 13.7. The largest absolute Gasteiger partial charge is 0.497 e. The minimum atomic E-state index is -0.422. The van der Waals surface area contributed by atoms with Gasteiger partial charge in [0, 0.05) is 11.9 Å². The Morgan fingerprint density at radius 1 is 1.32 bits per heavy atom. The molecular weight excluding hydrogens is 264 g/mol. The third kappa shape index (κ3) is 3.45. The summed E-state index contributed by atoms with van der Waals surface area (Å²) < 4.78 is 9.69. The van der Waals surface area contributed by atoms with Gasteiger partial charge >= 0.3 is 5.97 Å². The monoisotopic (exact) mass is 278 g/mol. The number of hydrogen-bond donors (Lipinski definition) is 1. The van der Waals surface area contributed by atoms with Crippen molar-refractivity contribution in [3.8, 4) is 5.75 Å². The highest BCUT2D eigenvalue weighted by atomic mass is 32.1. The van der Waals surface area contributed by atoms with Crippen LogP contribution < -0.4 is 10.1 Å². The zero-order valence-corrected chi connectivity index (χ0v) is 11.5. The summed E-state index contributed by atoms with van der Waals surface area (Å²) in [5, 5.41) is 5.52. The number of hydrogen-bond acceptors (Lipinski definition) is 6. The number of carbonyl (C=O) groups excluding carboxylic acids is 1. The van der Waals surface area contributed by atoms with Crippen LogP contribution in [0, 0.1) is 0 Å². The lowest BCUT2D eigenvalue weighted by molar-refractivity contribution is 0.0595. The first kappa shape index (κ1) is 13.4. The Hall–Kier alpha value is -2.08. The standard InChI is InChI=1S/C13H14N2O3S/c1-17-10-5-3-9(4-6-10)7-14-13-15-11(8-19-13)12(16)18-2/h3-6,8H,7H2,1-2H3,(H,14,15). The Bertz CT molecular complexity index is 551. The van der Waals surface area contributed by atoms with Gasteiger partial charge in [0.2, 0.25) is 0 Å². The molecule has 0 amide bonds. The molecule has 0 fully saturated rings. The predicted molar refractivity (Wildman–Crippen MR) is 73.8 cm³/mol. The molecule has 0 saturated carbocycles. The first-order valence-electron chi connectivity index (χ1n) is 5.63. The van der Waals surface area contributed by atoms with Crippen LogP contribution in [0.1, 0.15) is 16.1 Å². The molecule has 0 spiro atoms. The van der Waals surface area contributed by atoms with Crippen molar-refractivity contribution in [2.75, 3.05) is 19.5 Å². The lowest BCUT2D eigenvalue weighted by Gasteiger charge is -2.04. The molecule has 0 saturated heterocycles. The summed E-state index contributed by atoms with van der Waals surface area (Å²) in [5.41, 5.74) is 1.43. The molecule has 0 radical (unpaired) electrons. The lowest BCUT2D eigenvalue weighted by Crippen LogP contribution is -2.03. The molecule has 1 N–H and O–H groups in total. The summed E-state index contributed by atoms with van der Waals surface area (Å²) in [4.78, 5) is 15.4. The molecule has 6 heteroatoms. The van der Waals surface area contributed by atoms with E-state index in [0.29, 0.717) is 17.4 Å². The van der Waals surface area contributed by atoms with Gasteiger partial charge in [0.25, 0.3) is 0 Å². The first-order valence-corrected chi connectivity index (χ1v) is 6.51. The summed E-state index contributed by atoms with van der Waals surface area (Å²) >= 11 is 1.37. The van der Waals surface area contributed by atoms with Gasteiger partial charge in [-0.25, -0.2) is 9.78 Å². The van der Waals surface area contributed by atoms with Gasteiger partial charge in [-0.05, 0) is 17.7 Å². The number of nitrogens with zero attached hydrogens (tertiary/aromatic N) is 1. The molecule has 0 aliphatic heterocycles. The first-order chi connectivity index (χ1) is 9.22. The van der Waals surface area contributed by atoms with Crippen molar-refractivity contribution in [2.24, 2.45) is 0 Å². The summed E-state index contributed by atoms with van der Waals surface area (Å²) in [7, 11) is 2.98. The predicted octanol–water partition coefficient (Wildman–Crippen LogP) is 2.55. The minimum absolute atomic E-state index is 0.324. The molecule has 0 aliphatic rings. The lowest BCUT2D eigenvalue weighted by atomic mass is 10.2. The smallest absolute Gasteiger partial charge is 0.357 e. The van der Waals surface area contributed by atoms with Crippen molar-refractivity contribution >= 4 is 22.4 Å². The molecule has 100 valence electrons. The average molecular weight is 278 g/mol. The number of ether oxygens (including phenoxy) is 2. The maximum absolute atomic E-state index is 11.3. The van der Waals surface area contributed by atoms with E-state index in [1.807, 2.05) is 24.3 Å². The van der Waals surface area contributed by atoms with Crippen LogP contribution in [0.25, 0.3) is 0 Å². The number of anilines is 1. The number of aromatic nitrogens is 1. The number of esters is 1. The number of rotatable bonds is 5. The van der Waals surface area contributed by atoms with Gasteiger partial charge in [0.15, 0.2) is 10.8 Å². The van der Waals surface area contributed by atoms with Gasteiger partial charge in [0.05, 0.1) is 14.2 Å². The van der Waals surface area contributed by atoms with Gasteiger partial charge in [0.1, 0.15) is 5.75 Å². The van der Waals surface area contributed by atoms with E-state index in [1.54, 1.807) is 12.5 Å². The Balaban J connectivity index is 1.94. The van der Waals surface area contributed by atoms with Gasteiger partial charge in [-0.3, -0.25) is 0 Å². The van der Waals surface area contributed by atoms with Gasteiger partial charge in [-0.15, -0.1) is 11.3 Å². The highest BCUT2D eigenvalue weighted by molar-refractivity contribution is 7.13. The highest BCUT2D eigenvalue weighted by Gasteiger charge is 2.10. The molecular formula is C13H14N2O3S. The van der Waals surface area contributed by atoms with Gasteiger partial charge in [-0.2, -0.15) is 0 Å². The van der Waals surface area contributed by atoms with Gasteiger partial charge in [-0.1, -0.05) is 12.1 Å². The topological polar surface area (TPSA) is 60.5 Å². The van der Waals surface area contributed by atoms with E-state index < -0.39 is 5.97 Å². The Labute approximate surface area is 115 Å². The summed E-state index contributed by atoms with van der Waals surface area (Å²) in [6.07, 6.45) is 0. The van der Waals surface area contributed by atoms with Crippen LogP contribution in [0.2, 0.25) is 0 Å². The molecule has 0 aliphatic carbocycles.